The summed E-state index contributed by atoms with van der Waals surface area (Å²) in [5.74, 6) is 0.729. The summed E-state index contributed by atoms with van der Waals surface area (Å²) < 4.78 is 13.9. The lowest BCUT2D eigenvalue weighted by atomic mass is 9.79. The second-order valence-electron chi connectivity index (χ2n) is 14.7. The molecule has 4 heterocycles. The number of fused-ring (bicyclic) bond motifs is 4. The van der Waals surface area contributed by atoms with E-state index in [9.17, 15) is 19.2 Å². The maximum Gasteiger partial charge on any atom is 0.272 e. The van der Waals surface area contributed by atoms with Crippen LogP contribution in [0.2, 0.25) is 0 Å². The average Bonchev–Trinajstić information content (AvgIpc) is 3.72. The van der Waals surface area contributed by atoms with Crippen LogP contribution in [0.4, 0.5) is 17.1 Å². The zero-order chi connectivity index (χ0) is 38.9. The van der Waals surface area contributed by atoms with E-state index in [1.165, 1.54) is 18.4 Å². The van der Waals surface area contributed by atoms with Crippen LogP contribution in [0, 0.1) is 11.8 Å². The molecule has 2 aromatic heterocycles. The molecule has 286 valence electrons. The van der Waals surface area contributed by atoms with Crippen LogP contribution in [0.3, 0.4) is 0 Å². The predicted molar refractivity (Wildman–Crippen MR) is 220 cm³/mol. The third kappa shape index (κ3) is 8.65. The van der Waals surface area contributed by atoms with Crippen molar-refractivity contribution in [3.8, 4) is 11.5 Å². The van der Waals surface area contributed by atoms with E-state index in [0.717, 1.165) is 16.5 Å². The molecule has 2 aromatic carbocycles. The van der Waals surface area contributed by atoms with Crippen molar-refractivity contribution in [2.75, 3.05) is 37.4 Å². The van der Waals surface area contributed by atoms with E-state index in [1.54, 1.807) is 42.1 Å². The summed E-state index contributed by atoms with van der Waals surface area (Å²) >= 11 is 5.84. The Labute approximate surface area is 329 Å². The van der Waals surface area contributed by atoms with Gasteiger partial charge < -0.3 is 34.9 Å². The van der Waals surface area contributed by atoms with Crippen molar-refractivity contribution in [3.63, 3.8) is 0 Å². The number of carbonyl (C=O) groups is 4. The van der Waals surface area contributed by atoms with Crippen molar-refractivity contribution in [1.82, 2.24) is 14.8 Å². The fourth-order valence-corrected chi connectivity index (χ4v) is 8.06. The Balaban J connectivity index is 0.914. The van der Waals surface area contributed by atoms with Crippen molar-refractivity contribution >= 4 is 81.0 Å². The fraction of sp³-hybridized carbons (Fsp3) is 0.341. The summed E-state index contributed by atoms with van der Waals surface area (Å²) in [7, 11) is 3.26. The van der Waals surface area contributed by atoms with Crippen molar-refractivity contribution in [1.29, 1.82) is 0 Å². The number of aromatic nitrogens is 1. The van der Waals surface area contributed by atoms with Gasteiger partial charge in [0.15, 0.2) is 11.5 Å². The molecule has 1 aliphatic carbocycles. The van der Waals surface area contributed by atoms with E-state index in [-0.39, 0.29) is 53.4 Å². The van der Waals surface area contributed by atoms with Gasteiger partial charge in [0.05, 0.1) is 41.6 Å². The van der Waals surface area contributed by atoms with E-state index in [4.69, 9.17) is 14.5 Å². The number of nitrogens with zero attached hydrogens (tertiary/aromatic N) is 3. The number of aliphatic imine (C=N–C) groups is 1. The van der Waals surface area contributed by atoms with Crippen LogP contribution in [0.5, 0.6) is 11.5 Å². The summed E-state index contributed by atoms with van der Waals surface area (Å²) in [6.07, 6.45) is 13.5. The Morgan fingerprint density at radius 1 is 1.00 bits per heavy atom. The first-order chi connectivity index (χ1) is 26.3. The largest absolute Gasteiger partial charge is 0.493 e. The highest BCUT2D eigenvalue weighted by molar-refractivity contribution is 7.81. The van der Waals surface area contributed by atoms with Gasteiger partial charge in [0.2, 0.25) is 5.91 Å². The van der Waals surface area contributed by atoms with Crippen LogP contribution in [0.15, 0.2) is 78.0 Å². The molecule has 3 unspecified atom stereocenters. The molecule has 2 aliphatic heterocycles. The number of ether oxygens (including phenoxy) is 2. The SMILES string of the molecule is COc1cc2c(cc1OCCCC(=O)Nc1cc(C(=O)Nc3ccc4sc(C(=O)NCC(C)(C)S)cc4c3)n(C)c1)N=CC1CC3C=CC=CC3CN1C2=O. The Morgan fingerprint density at radius 3 is 2.58 bits per heavy atom. The van der Waals surface area contributed by atoms with Crippen molar-refractivity contribution in [2.24, 2.45) is 23.9 Å². The summed E-state index contributed by atoms with van der Waals surface area (Å²) in [5, 5.41) is 9.53. The van der Waals surface area contributed by atoms with Gasteiger partial charge in [-0.1, -0.05) is 24.3 Å². The third-order valence-electron chi connectivity index (χ3n) is 9.86. The Morgan fingerprint density at radius 2 is 1.80 bits per heavy atom. The molecule has 0 saturated carbocycles. The van der Waals surface area contributed by atoms with Gasteiger partial charge in [-0.25, -0.2) is 0 Å². The van der Waals surface area contributed by atoms with Crippen LogP contribution in [0.1, 0.15) is 63.6 Å². The number of piperidine rings is 1. The zero-order valence-corrected chi connectivity index (χ0v) is 32.8. The second-order valence-corrected chi connectivity index (χ2v) is 17.0. The number of thiophene rings is 1. The van der Waals surface area contributed by atoms with E-state index in [1.807, 2.05) is 49.2 Å². The smallest absolute Gasteiger partial charge is 0.272 e. The minimum absolute atomic E-state index is 0.0764. The molecule has 3 aliphatic rings. The van der Waals surface area contributed by atoms with Gasteiger partial charge in [-0.3, -0.25) is 24.2 Å². The molecule has 14 heteroatoms. The molecule has 55 heavy (non-hydrogen) atoms. The first-order valence-corrected chi connectivity index (χ1v) is 19.5. The van der Waals surface area contributed by atoms with Gasteiger partial charge >= 0.3 is 0 Å². The number of nitrogens with one attached hydrogen (secondary N) is 3. The molecule has 3 atom stereocenters. The Kier molecular flexibility index (Phi) is 10.9. The van der Waals surface area contributed by atoms with Crippen LogP contribution in [-0.2, 0) is 11.8 Å². The average molecular weight is 781 g/mol. The number of allylic oxidation sites excluding steroid dienone is 3. The molecule has 4 amide bonds. The van der Waals surface area contributed by atoms with Crippen molar-refractivity contribution < 1.29 is 28.7 Å². The minimum atomic E-state index is -0.344. The third-order valence-corrected chi connectivity index (χ3v) is 11.1. The van der Waals surface area contributed by atoms with Gasteiger partial charge in [0.1, 0.15) is 5.69 Å². The van der Waals surface area contributed by atoms with Crippen molar-refractivity contribution in [2.45, 2.75) is 43.9 Å². The topological polar surface area (TPSA) is 143 Å². The number of rotatable bonds is 12. The van der Waals surface area contributed by atoms with Gasteiger partial charge in [-0.05, 0) is 74.4 Å². The summed E-state index contributed by atoms with van der Waals surface area (Å²) in [5.41, 5.74) is 2.43. The molecule has 3 N–H and O–H groups in total. The number of hydrogen-bond donors (Lipinski definition) is 4. The van der Waals surface area contributed by atoms with E-state index >= 15 is 0 Å². The van der Waals surface area contributed by atoms with Gasteiger partial charge in [-0.15, -0.1) is 11.3 Å². The molecular formula is C41H44N6O6S2. The standard InChI is InChI=1S/C41H44N6O6S2/c1-41(2,54)23-43-39(50)36-16-26-14-27(11-12-35(26)55-36)45-38(49)32-17-28(22-46(32)3)44-37(48)10-7-13-53-34-19-31-30(18-33(34)52-4)40(51)47-21-25-9-6-5-8-24(25)15-29(47)20-42-31/h5-6,8-9,11-12,14,16-20,22,24-25,29,54H,7,10,13,15,21,23H2,1-4H3,(H,43,50)(H,44,48)(H,45,49). The molecule has 1 fully saturated rings. The molecule has 4 aromatic rings. The lowest BCUT2D eigenvalue weighted by molar-refractivity contribution is -0.116. The molecule has 1 saturated heterocycles. The second kappa shape index (κ2) is 15.8. The number of hydrogen-bond acceptors (Lipinski definition) is 9. The zero-order valence-electron chi connectivity index (χ0n) is 31.1. The highest BCUT2D eigenvalue weighted by Crippen LogP contribution is 2.40. The number of anilines is 2. The monoisotopic (exact) mass is 780 g/mol. The number of benzene rings is 2. The Hall–Kier alpha value is -5.34. The van der Waals surface area contributed by atoms with E-state index in [2.05, 4.69) is 46.8 Å². The quantitative estimate of drug-likeness (QED) is 0.0899. The maximum atomic E-state index is 13.7. The lowest BCUT2D eigenvalue weighted by Gasteiger charge is -2.41. The molecule has 12 nitrogen and oxygen atoms in total. The number of methoxy groups -OCH3 is 1. The summed E-state index contributed by atoms with van der Waals surface area (Å²) in [6.45, 7) is 5.15. The molecular weight excluding hydrogens is 737 g/mol. The highest BCUT2D eigenvalue weighted by atomic mass is 32.1. The van der Waals surface area contributed by atoms with E-state index in [0.29, 0.717) is 70.1 Å². The van der Waals surface area contributed by atoms with Crippen LogP contribution in [0.25, 0.3) is 10.1 Å². The minimum Gasteiger partial charge on any atom is -0.493 e. The predicted octanol–water partition coefficient (Wildman–Crippen LogP) is 7.03. The van der Waals surface area contributed by atoms with Crippen molar-refractivity contribution in [3.05, 3.63) is 89.1 Å². The normalized spacial score (nSPS) is 18.6. The molecule has 0 bridgehead atoms. The molecule has 0 radical (unpaired) electrons. The molecule has 0 spiro atoms. The number of thiol groups is 1. The number of carbonyl (C=O) groups excluding carboxylic acids is 4. The highest BCUT2D eigenvalue weighted by Gasteiger charge is 2.38. The fourth-order valence-electron chi connectivity index (χ4n) is 7.02. The first-order valence-electron chi connectivity index (χ1n) is 18.2. The van der Waals surface area contributed by atoms with Crippen LogP contribution in [-0.4, -0.2) is 76.9 Å². The lowest BCUT2D eigenvalue weighted by Crippen LogP contribution is -2.50. The number of amides is 4. The van der Waals surface area contributed by atoms with E-state index < -0.39 is 0 Å². The number of aryl methyl sites for hydroxylation is 1. The van der Waals surface area contributed by atoms with Gasteiger partial charge in [-0.2, -0.15) is 12.6 Å². The molecule has 7 rings (SSSR count). The van der Waals surface area contributed by atoms with Gasteiger partial charge in [0, 0.05) is 66.1 Å². The maximum absolute atomic E-state index is 13.7. The van der Waals surface area contributed by atoms with Crippen LogP contribution >= 0.6 is 24.0 Å². The van der Waals surface area contributed by atoms with Gasteiger partial charge in [0.25, 0.3) is 17.7 Å². The summed E-state index contributed by atoms with van der Waals surface area (Å²) in [6, 6.07) is 12.3. The van der Waals surface area contributed by atoms with Crippen LogP contribution < -0.4 is 25.4 Å². The Bertz CT molecular complexity index is 2250. The summed E-state index contributed by atoms with van der Waals surface area (Å²) in [4.78, 5) is 59.6. The first kappa shape index (κ1) is 38.0.